The number of nitrogens with two attached hydrogens (primary N) is 1. The average Bonchev–Trinajstić information content (AvgIpc) is 2.89. The number of urea groups is 1. The van der Waals surface area contributed by atoms with Crippen LogP contribution in [0.4, 0.5) is 20.7 Å². The summed E-state index contributed by atoms with van der Waals surface area (Å²) in [5.74, 6) is -0.115. The zero-order valence-electron chi connectivity index (χ0n) is 11.9. The van der Waals surface area contributed by atoms with Gasteiger partial charge < -0.3 is 0 Å². The lowest BCUT2D eigenvalue weighted by molar-refractivity contribution is 0.255. The van der Waals surface area contributed by atoms with Crippen LogP contribution >= 0.6 is 0 Å². The fourth-order valence-corrected chi connectivity index (χ4v) is 2.85. The Balaban J connectivity index is 1.83. The number of hydrogen-bond acceptors (Lipinski definition) is 4. The van der Waals surface area contributed by atoms with E-state index in [0.29, 0.717) is 24.6 Å². The van der Waals surface area contributed by atoms with Crippen molar-refractivity contribution in [2.24, 2.45) is 5.14 Å². The topological polar surface area (TPSA) is 96.6 Å². The predicted molar refractivity (Wildman–Crippen MR) is 82.1 cm³/mol. The van der Waals surface area contributed by atoms with E-state index in [1.807, 2.05) is 0 Å². The highest BCUT2D eigenvalue weighted by atomic mass is 32.2. The minimum absolute atomic E-state index is 0.0232. The minimum Gasteiger partial charge on any atom is -0.292 e. The van der Waals surface area contributed by atoms with Gasteiger partial charge in [-0.05, 0) is 36.4 Å². The Morgan fingerprint density at radius 3 is 2.26 bits per heavy atom. The second kappa shape index (κ2) is 5.60. The molecule has 0 bridgehead atoms. The molecule has 23 heavy (non-hydrogen) atoms. The zero-order chi connectivity index (χ0) is 16.6. The Labute approximate surface area is 132 Å². The minimum atomic E-state index is -3.77. The van der Waals surface area contributed by atoms with Gasteiger partial charge in [0.1, 0.15) is 11.6 Å². The van der Waals surface area contributed by atoms with E-state index in [-0.39, 0.29) is 10.9 Å². The van der Waals surface area contributed by atoms with Gasteiger partial charge in [-0.15, -0.1) is 0 Å². The average molecular weight is 336 g/mol. The second-order valence-corrected chi connectivity index (χ2v) is 6.52. The molecule has 2 heterocycles. The van der Waals surface area contributed by atoms with Crippen molar-refractivity contribution in [1.82, 2.24) is 4.98 Å². The van der Waals surface area contributed by atoms with Gasteiger partial charge in [0.25, 0.3) is 0 Å². The molecule has 7 nitrogen and oxygen atoms in total. The van der Waals surface area contributed by atoms with E-state index in [1.165, 1.54) is 46.2 Å². The lowest BCUT2D eigenvalue weighted by Gasteiger charge is -2.18. The predicted octanol–water partition coefficient (Wildman–Crippen LogP) is 1.31. The van der Waals surface area contributed by atoms with Crippen LogP contribution in [0.25, 0.3) is 0 Å². The van der Waals surface area contributed by atoms with Crippen molar-refractivity contribution in [3.05, 3.63) is 48.4 Å². The van der Waals surface area contributed by atoms with Crippen LogP contribution in [-0.2, 0) is 10.0 Å². The molecule has 1 aromatic carbocycles. The third-order valence-electron chi connectivity index (χ3n) is 3.47. The van der Waals surface area contributed by atoms with Crippen molar-refractivity contribution < 1.29 is 17.6 Å². The van der Waals surface area contributed by atoms with Crippen molar-refractivity contribution in [2.75, 3.05) is 22.9 Å². The maximum atomic E-state index is 12.9. The molecular weight excluding hydrogens is 323 g/mol. The van der Waals surface area contributed by atoms with Crippen LogP contribution in [0.15, 0.2) is 47.5 Å². The van der Waals surface area contributed by atoms with E-state index in [4.69, 9.17) is 5.14 Å². The molecule has 0 saturated carbocycles. The van der Waals surface area contributed by atoms with Gasteiger partial charge in [-0.2, -0.15) is 0 Å². The summed E-state index contributed by atoms with van der Waals surface area (Å²) in [6.07, 6.45) is 1.05. The maximum Gasteiger partial charge on any atom is 0.330 e. The first-order chi connectivity index (χ1) is 10.9. The van der Waals surface area contributed by atoms with Crippen molar-refractivity contribution >= 4 is 27.6 Å². The summed E-state index contributed by atoms with van der Waals surface area (Å²) in [6, 6.07) is 8.07. The monoisotopic (exact) mass is 336 g/mol. The number of carbonyl (C=O) groups is 1. The number of primary sulfonamides is 1. The Bertz CT molecular complexity index is 837. The van der Waals surface area contributed by atoms with E-state index < -0.39 is 15.8 Å². The first-order valence-electron chi connectivity index (χ1n) is 6.70. The summed E-state index contributed by atoms with van der Waals surface area (Å²) < 4.78 is 35.4. The molecule has 2 N–H and O–H groups in total. The van der Waals surface area contributed by atoms with Crippen LogP contribution < -0.4 is 14.9 Å². The fourth-order valence-electron chi connectivity index (χ4n) is 2.33. The molecule has 0 aliphatic carbocycles. The third-order valence-corrected chi connectivity index (χ3v) is 4.40. The molecule has 0 unspecified atom stereocenters. The van der Waals surface area contributed by atoms with Crippen molar-refractivity contribution in [3.8, 4) is 0 Å². The number of benzene rings is 1. The summed E-state index contributed by atoms with van der Waals surface area (Å²) >= 11 is 0. The standard InChI is InChI=1S/C14H13FN4O3S/c15-10-1-6-13(17-9-10)19-8-7-18(14(19)20)11-2-4-12(5-3-11)23(16,21)22/h1-6,9H,7-8H2,(H2,16,21,22). The van der Waals surface area contributed by atoms with Gasteiger partial charge in [-0.25, -0.2) is 27.7 Å². The highest BCUT2D eigenvalue weighted by molar-refractivity contribution is 7.89. The number of nitrogens with zero attached hydrogens (tertiary/aromatic N) is 3. The number of aromatic nitrogens is 1. The van der Waals surface area contributed by atoms with Gasteiger partial charge in [-0.1, -0.05) is 0 Å². The van der Waals surface area contributed by atoms with Gasteiger partial charge in [0.05, 0.1) is 11.1 Å². The lowest BCUT2D eigenvalue weighted by atomic mass is 10.3. The zero-order valence-corrected chi connectivity index (χ0v) is 12.7. The first kappa shape index (κ1) is 15.4. The molecule has 9 heteroatoms. The van der Waals surface area contributed by atoms with E-state index in [0.717, 1.165) is 6.20 Å². The normalized spacial score (nSPS) is 15.3. The van der Waals surface area contributed by atoms with Gasteiger partial charge in [0, 0.05) is 18.8 Å². The second-order valence-electron chi connectivity index (χ2n) is 4.96. The number of hydrogen-bond donors (Lipinski definition) is 1. The molecule has 3 rings (SSSR count). The summed E-state index contributed by atoms with van der Waals surface area (Å²) in [5, 5.41) is 5.04. The molecule has 0 atom stereocenters. The summed E-state index contributed by atoms with van der Waals surface area (Å²) in [5.41, 5.74) is 0.548. The van der Waals surface area contributed by atoms with Crippen molar-refractivity contribution in [2.45, 2.75) is 4.90 Å². The SMILES string of the molecule is NS(=O)(=O)c1ccc(N2CCN(c3ccc(F)cn3)C2=O)cc1. The highest BCUT2D eigenvalue weighted by Crippen LogP contribution is 2.24. The Kier molecular flexibility index (Phi) is 3.74. The third kappa shape index (κ3) is 3.01. The molecule has 120 valence electrons. The van der Waals surface area contributed by atoms with Crippen LogP contribution in [0.3, 0.4) is 0 Å². The fraction of sp³-hybridized carbons (Fsp3) is 0.143. The van der Waals surface area contributed by atoms with Crippen LogP contribution in [0, 0.1) is 5.82 Å². The summed E-state index contributed by atoms with van der Waals surface area (Å²) in [4.78, 5) is 19.2. The highest BCUT2D eigenvalue weighted by Gasteiger charge is 2.31. The summed E-state index contributed by atoms with van der Waals surface area (Å²) in [6.45, 7) is 0.807. The quantitative estimate of drug-likeness (QED) is 0.914. The van der Waals surface area contributed by atoms with E-state index >= 15 is 0 Å². The van der Waals surface area contributed by atoms with Crippen molar-refractivity contribution in [1.29, 1.82) is 0 Å². The van der Waals surface area contributed by atoms with Gasteiger partial charge in [0.15, 0.2) is 0 Å². The molecule has 1 saturated heterocycles. The Morgan fingerprint density at radius 2 is 1.70 bits per heavy atom. The molecule has 0 radical (unpaired) electrons. The molecular formula is C14H13FN4O3S. The van der Waals surface area contributed by atoms with E-state index in [9.17, 15) is 17.6 Å². The van der Waals surface area contributed by atoms with Crippen LogP contribution in [0.2, 0.25) is 0 Å². The number of halogens is 1. The van der Waals surface area contributed by atoms with Crippen LogP contribution in [0.5, 0.6) is 0 Å². The number of pyridine rings is 1. The molecule has 0 spiro atoms. The smallest absolute Gasteiger partial charge is 0.292 e. The largest absolute Gasteiger partial charge is 0.330 e. The maximum absolute atomic E-state index is 12.9. The lowest BCUT2D eigenvalue weighted by Crippen LogP contribution is -2.32. The Morgan fingerprint density at radius 1 is 1.04 bits per heavy atom. The summed E-state index contributed by atoms with van der Waals surface area (Å²) in [7, 11) is -3.77. The number of anilines is 2. The number of rotatable bonds is 3. The first-order valence-corrected chi connectivity index (χ1v) is 8.24. The van der Waals surface area contributed by atoms with Crippen LogP contribution in [0.1, 0.15) is 0 Å². The number of carbonyl (C=O) groups excluding carboxylic acids is 1. The molecule has 1 aliphatic rings. The van der Waals surface area contributed by atoms with Crippen LogP contribution in [-0.4, -0.2) is 32.5 Å². The molecule has 1 aromatic heterocycles. The Hall–Kier alpha value is -2.52. The molecule has 1 fully saturated rings. The molecule has 2 aromatic rings. The van der Waals surface area contributed by atoms with Gasteiger partial charge in [0.2, 0.25) is 10.0 Å². The molecule has 2 amide bonds. The van der Waals surface area contributed by atoms with Gasteiger partial charge in [-0.3, -0.25) is 9.80 Å². The van der Waals surface area contributed by atoms with Crippen molar-refractivity contribution in [3.63, 3.8) is 0 Å². The molecule has 1 aliphatic heterocycles. The number of amides is 2. The number of sulfonamides is 1. The van der Waals surface area contributed by atoms with Gasteiger partial charge >= 0.3 is 6.03 Å². The van der Waals surface area contributed by atoms with E-state index in [1.54, 1.807) is 0 Å². The van der Waals surface area contributed by atoms with E-state index in [2.05, 4.69) is 4.98 Å².